The van der Waals surface area contributed by atoms with Gasteiger partial charge in [-0.1, -0.05) is 30.9 Å². The van der Waals surface area contributed by atoms with Crippen molar-refractivity contribution in [3.05, 3.63) is 42.5 Å². The SMILES string of the molecule is C=CCOc1ccccc1CN=C(NCC)NCC1CCN(C)CC1.I. The van der Waals surface area contributed by atoms with E-state index in [1.54, 1.807) is 6.08 Å². The summed E-state index contributed by atoms with van der Waals surface area (Å²) >= 11 is 0. The first-order valence-corrected chi connectivity index (χ1v) is 9.25. The molecule has 1 aliphatic rings. The Morgan fingerprint density at radius 1 is 1.31 bits per heavy atom. The average Bonchev–Trinajstić information content (AvgIpc) is 2.64. The molecule has 1 fully saturated rings. The van der Waals surface area contributed by atoms with Crippen molar-refractivity contribution in [1.29, 1.82) is 0 Å². The van der Waals surface area contributed by atoms with E-state index in [2.05, 4.69) is 42.2 Å². The molecule has 1 saturated heterocycles. The van der Waals surface area contributed by atoms with Crippen LogP contribution >= 0.6 is 24.0 Å². The number of piperidine rings is 1. The molecule has 0 amide bonds. The van der Waals surface area contributed by atoms with Gasteiger partial charge in [-0.2, -0.15) is 0 Å². The Kier molecular flexibility index (Phi) is 11.4. The van der Waals surface area contributed by atoms with Crippen LogP contribution in [0.5, 0.6) is 5.75 Å². The van der Waals surface area contributed by atoms with Crippen LogP contribution in [-0.4, -0.2) is 50.7 Å². The van der Waals surface area contributed by atoms with Crippen LogP contribution < -0.4 is 15.4 Å². The predicted octanol–water partition coefficient (Wildman–Crippen LogP) is 3.27. The smallest absolute Gasteiger partial charge is 0.191 e. The van der Waals surface area contributed by atoms with Crippen molar-refractivity contribution in [1.82, 2.24) is 15.5 Å². The summed E-state index contributed by atoms with van der Waals surface area (Å²) in [6.07, 6.45) is 4.26. The number of rotatable bonds is 8. The molecule has 26 heavy (non-hydrogen) atoms. The number of aliphatic imine (C=N–C) groups is 1. The Morgan fingerprint density at radius 2 is 2.04 bits per heavy atom. The number of ether oxygens (including phenoxy) is 1. The molecule has 1 heterocycles. The molecule has 0 atom stereocenters. The normalized spacial score (nSPS) is 15.8. The van der Waals surface area contributed by atoms with Gasteiger partial charge in [-0.05, 0) is 51.9 Å². The van der Waals surface area contributed by atoms with Gasteiger partial charge in [-0.15, -0.1) is 24.0 Å². The zero-order chi connectivity index (χ0) is 17.9. The highest BCUT2D eigenvalue weighted by molar-refractivity contribution is 14.0. The molecule has 2 N–H and O–H groups in total. The van der Waals surface area contributed by atoms with Crippen molar-refractivity contribution in [2.45, 2.75) is 26.3 Å². The number of hydrogen-bond acceptors (Lipinski definition) is 3. The van der Waals surface area contributed by atoms with Gasteiger partial charge in [0.1, 0.15) is 12.4 Å². The van der Waals surface area contributed by atoms with Crippen LogP contribution in [0, 0.1) is 5.92 Å². The van der Waals surface area contributed by atoms with Gasteiger partial charge in [0.25, 0.3) is 0 Å². The van der Waals surface area contributed by atoms with Crippen LogP contribution in [0.4, 0.5) is 0 Å². The Morgan fingerprint density at radius 3 is 2.73 bits per heavy atom. The highest BCUT2D eigenvalue weighted by Gasteiger charge is 2.16. The highest BCUT2D eigenvalue weighted by atomic mass is 127. The first-order chi connectivity index (χ1) is 12.2. The summed E-state index contributed by atoms with van der Waals surface area (Å²) in [6.45, 7) is 11.1. The molecule has 1 aromatic rings. The fourth-order valence-corrected chi connectivity index (χ4v) is 2.94. The third-order valence-corrected chi connectivity index (χ3v) is 4.48. The minimum Gasteiger partial charge on any atom is -0.489 e. The molecule has 0 aliphatic carbocycles. The molecular weight excluding hydrogens is 439 g/mol. The van der Waals surface area contributed by atoms with Gasteiger partial charge in [-0.25, -0.2) is 4.99 Å². The average molecular weight is 472 g/mol. The van der Waals surface area contributed by atoms with Gasteiger partial charge in [0.15, 0.2) is 5.96 Å². The Hall–Kier alpha value is -1.28. The summed E-state index contributed by atoms with van der Waals surface area (Å²) in [7, 11) is 2.20. The van der Waals surface area contributed by atoms with Gasteiger partial charge in [0.05, 0.1) is 6.54 Å². The Bertz CT molecular complexity index is 556. The molecule has 1 aromatic carbocycles. The third-order valence-electron chi connectivity index (χ3n) is 4.48. The Balaban J connectivity index is 0.00000338. The van der Waals surface area contributed by atoms with E-state index < -0.39 is 0 Å². The highest BCUT2D eigenvalue weighted by Crippen LogP contribution is 2.19. The van der Waals surface area contributed by atoms with Gasteiger partial charge in [0, 0.05) is 18.7 Å². The van der Waals surface area contributed by atoms with E-state index in [4.69, 9.17) is 9.73 Å². The second-order valence-electron chi connectivity index (χ2n) is 6.53. The third kappa shape index (κ3) is 7.95. The molecule has 2 rings (SSSR count). The molecule has 0 spiro atoms. The van der Waals surface area contributed by atoms with E-state index in [0.29, 0.717) is 13.2 Å². The molecule has 6 heteroatoms. The number of halogens is 1. The topological polar surface area (TPSA) is 48.9 Å². The van der Waals surface area contributed by atoms with Gasteiger partial charge in [-0.3, -0.25) is 0 Å². The second kappa shape index (κ2) is 13.0. The molecule has 0 radical (unpaired) electrons. The summed E-state index contributed by atoms with van der Waals surface area (Å²) in [5.41, 5.74) is 1.08. The van der Waals surface area contributed by atoms with Crippen molar-refractivity contribution < 1.29 is 4.74 Å². The molecule has 0 aromatic heterocycles. The van der Waals surface area contributed by atoms with Crippen LogP contribution in [0.15, 0.2) is 41.9 Å². The fourth-order valence-electron chi connectivity index (χ4n) is 2.94. The van der Waals surface area contributed by atoms with Crippen LogP contribution in [0.3, 0.4) is 0 Å². The predicted molar refractivity (Wildman–Crippen MR) is 121 cm³/mol. The molecule has 146 valence electrons. The van der Waals surface area contributed by atoms with Crippen molar-refractivity contribution in [3.63, 3.8) is 0 Å². The summed E-state index contributed by atoms with van der Waals surface area (Å²) in [4.78, 5) is 7.13. The lowest BCUT2D eigenvalue weighted by Gasteiger charge is -2.29. The summed E-state index contributed by atoms with van der Waals surface area (Å²) in [5.74, 6) is 2.47. The van der Waals surface area contributed by atoms with Crippen LogP contribution in [0.25, 0.3) is 0 Å². The minimum absolute atomic E-state index is 0. The molecular formula is C20H33IN4O. The molecule has 1 aliphatic heterocycles. The number of benzene rings is 1. The number of likely N-dealkylation sites (tertiary alicyclic amines) is 1. The zero-order valence-electron chi connectivity index (χ0n) is 16.0. The monoisotopic (exact) mass is 472 g/mol. The van der Waals surface area contributed by atoms with Crippen molar-refractivity contribution >= 4 is 29.9 Å². The van der Waals surface area contributed by atoms with Gasteiger partial charge < -0.3 is 20.3 Å². The minimum atomic E-state index is 0. The molecule has 0 unspecified atom stereocenters. The fraction of sp³-hybridized carbons (Fsp3) is 0.550. The van der Waals surface area contributed by atoms with E-state index in [1.165, 1.54) is 25.9 Å². The summed E-state index contributed by atoms with van der Waals surface area (Å²) < 4.78 is 5.71. The molecule has 5 nitrogen and oxygen atoms in total. The maximum absolute atomic E-state index is 5.71. The first kappa shape index (κ1) is 22.8. The number of nitrogens with one attached hydrogen (secondary N) is 2. The van der Waals surface area contributed by atoms with Gasteiger partial charge >= 0.3 is 0 Å². The lowest BCUT2D eigenvalue weighted by Crippen LogP contribution is -2.42. The summed E-state index contributed by atoms with van der Waals surface area (Å²) in [5, 5.41) is 6.84. The molecule has 0 bridgehead atoms. The quantitative estimate of drug-likeness (QED) is 0.264. The standard InChI is InChI=1S/C20H32N4O.HI/c1-4-14-25-19-9-7-6-8-18(19)16-23-20(21-5-2)22-15-17-10-12-24(3)13-11-17;/h4,6-9,17H,1,5,10-16H2,2-3H3,(H2,21,22,23);1H. The van der Waals surface area contributed by atoms with E-state index >= 15 is 0 Å². The number of hydrogen-bond donors (Lipinski definition) is 2. The summed E-state index contributed by atoms with van der Waals surface area (Å²) in [6, 6.07) is 8.04. The zero-order valence-corrected chi connectivity index (χ0v) is 18.4. The van der Waals surface area contributed by atoms with Crippen molar-refractivity contribution in [2.75, 3.05) is 39.8 Å². The van der Waals surface area contributed by atoms with Crippen molar-refractivity contribution in [3.8, 4) is 5.75 Å². The molecule has 0 saturated carbocycles. The Labute approximate surface area is 175 Å². The maximum Gasteiger partial charge on any atom is 0.191 e. The second-order valence-corrected chi connectivity index (χ2v) is 6.53. The van der Waals surface area contributed by atoms with Gasteiger partial charge in [0.2, 0.25) is 0 Å². The number of nitrogens with zero attached hydrogens (tertiary/aromatic N) is 2. The lowest BCUT2D eigenvalue weighted by molar-refractivity contribution is 0.220. The van der Waals surface area contributed by atoms with E-state index in [9.17, 15) is 0 Å². The van der Waals surface area contributed by atoms with Crippen LogP contribution in [-0.2, 0) is 6.54 Å². The van der Waals surface area contributed by atoms with Crippen molar-refractivity contribution in [2.24, 2.45) is 10.9 Å². The van der Waals surface area contributed by atoms with E-state index in [0.717, 1.165) is 36.3 Å². The first-order valence-electron chi connectivity index (χ1n) is 9.25. The van der Waals surface area contributed by atoms with Crippen LogP contribution in [0.2, 0.25) is 0 Å². The van der Waals surface area contributed by atoms with Crippen LogP contribution in [0.1, 0.15) is 25.3 Å². The largest absolute Gasteiger partial charge is 0.489 e. The van der Waals surface area contributed by atoms with E-state index in [1.807, 2.05) is 18.2 Å². The maximum atomic E-state index is 5.71. The van der Waals surface area contributed by atoms with E-state index in [-0.39, 0.29) is 24.0 Å². The number of para-hydroxylation sites is 1. The lowest BCUT2D eigenvalue weighted by atomic mass is 9.97. The number of guanidine groups is 1.